The number of halogens is 2. The number of rotatable bonds is 3. The molecule has 3 nitrogen and oxygen atoms in total. The van der Waals surface area contributed by atoms with Crippen LogP contribution in [0.2, 0.25) is 0 Å². The van der Waals surface area contributed by atoms with Crippen molar-refractivity contribution in [2.24, 2.45) is 0 Å². The predicted molar refractivity (Wildman–Crippen MR) is 75.9 cm³/mol. The minimum atomic E-state index is -0.316. The van der Waals surface area contributed by atoms with E-state index in [2.05, 4.69) is 21.2 Å². The van der Waals surface area contributed by atoms with E-state index in [9.17, 15) is 14.6 Å². The molecule has 5 heteroatoms. The lowest BCUT2D eigenvalue weighted by Gasteiger charge is -2.12. The molecular formula is C14H13BrFNO2. The minimum absolute atomic E-state index is 0.145. The number of aryl methyl sites for hydroxylation is 1. The number of phenols is 2. The van der Waals surface area contributed by atoms with Gasteiger partial charge in [0.15, 0.2) is 11.5 Å². The van der Waals surface area contributed by atoms with Gasteiger partial charge in [0.25, 0.3) is 0 Å². The van der Waals surface area contributed by atoms with Crippen LogP contribution in [-0.2, 0) is 6.54 Å². The van der Waals surface area contributed by atoms with E-state index in [0.29, 0.717) is 16.6 Å². The van der Waals surface area contributed by atoms with Crippen LogP contribution in [0.3, 0.4) is 0 Å². The van der Waals surface area contributed by atoms with Crippen LogP contribution in [0, 0.1) is 12.7 Å². The van der Waals surface area contributed by atoms with Crippen LogP contribution >= 0.6 is 15.9 Å². The molecule has 0 aliphatic carbocycles. The van der Waals surface area contributed by atoms with Gasteiger partial charge in [0, 0.05) is 17.8 Å². The smallest absolute Gasteiger partial charge is 0.162 e. The first-order valence-corrected chi connectivity index (χ1v) is 6.47. The maximum atomic E-state index is 13.3. The van der Waals surface area contributed by atoms with Gasteiger partial charge in [-0.3, -0.25) is 0 Å². The van der Waals surface area contributed by atoms with Crippen molar-refractivity contribution in [3.05, 3.63) is 51.7 Å². The van der Waals surface area contributed by atoms with Gasteiger partial charge in [-0.25, -0.2) is 4.39 Å². The van der Waals surface area contributed by atoms with E-state index in [1.807, 2.05) is 0 Å². The largest absolute Gasteiger partial charge is 0.504 e. The zero-order valence-electron chi connectivity index (χ0n) is 10.2. The Morgan fingerprint density at radius 2 is 2.00 bits per heavy atom. The molecule has 0 saturated carbocycles. The molecule has 0 heterocycles. The van der Waals surface area contributed by atoms with Crippen LogP contribution in [0.25, 0.3) is 0 Å². The second kappa shape index (κ2) is 5.48. The Bertz CT molecular complexity index is 617. The van der Waals surface area contributed by atoms with Gasteiger partial charge in [-0.15, -0.1) is 0 Å². The van der Waals surface area contributed by atoms with E-state index in [1.54, 1.807) is 25.1 Å². The molecule has 2 rings (SSSR count). The summed E-state index contributed by atoms with van der Waals surface area (Å²) in [5.74, 6) is -0.617. The first kappa shape index (κ1) is 13.7. The zero-order valence-corrected chi connectivity index (χ0v) is 11.8. The number of nitrogens with one attached hydrogen (secondary N) is 1. The lowest BCUT2D eigenvalue weighted by atomic mass is 10.1. The summed E-state index contributed by atoms with van der Waals surface area (Å²) in [5, 5.41) is 22.2. The van der Waals surface area contributed by atoms with E-state index in [-0.39, 0.29) is 17.3 Å². The summed E-state index contributed by atoms with van der Waals surface area (Å²) in [6, 6.07) is 7.84. The summed E-state index contributed by atoms with van der Waals surface area (Å²) < 4.78 is 13.7. The van der Waals surface area contributed by atoms with Crippen molar-refractivity contribution in [2.45, 2.75) is 13.5 Å². The Labute approximate surface area is 118 Å². The molecule has 0 radical (unpaired) electrons. The van der Waals surface area contributed by atoms with E-state index < -0.39 is 0 Å². The van der Waals surface area contributed by atoms with Gasteiger partial charge in [-0.05, 0) is 46.6 Å². The average Bonchev–Trinajstić information content (AvgIpc) is 2.37. The molecule has 0 aliphatic heterocycles. The van der Waals surface area contributed by atoms with Gasteiger partial charge in [0.2, 0.25) is 0 Å². The SMILES string of the molecule is Cc1cc(F)c(Br)cc1NCc1cccc(O)c1O. The highest BCUT2D eigenvalue weighted by Gasteiger charge is 2.08. The van der Waals surface area contributed by atoms with Crippen LogP contribution < -0.4 is 5.32 Å². The Kier molecular flexibility index (Phi) is 3.95. The third-order valence-corrected chi connectivity index (χ3v) is 3.44. The number of anilines is 1. The molecule has 19 heavy (non-hydrogen) atoms. The second-order valence-corrected chi connectivity index (χ2v) is 5.07. The minimum Gasteiger partial charge on any atom is -0.504 e. The van der Waals surface area contributed by atoms with Gasteiger partial charge in [0.05, 0.1) is 4.47 Å². The Hall–Kier alpha value is -1.75. The van der Waals surface area contributed by atoms with Crippen molar-refractivity contribution in [1.82, 2.24) is 0 Å². The number of hydrogen-bond acceptors (Lipinski definition) is 3. The molecular weight excluding hydrogens is 313 g/mol. The molecule has 2 aromatic rings. The summed E-state index contributed by atoms with van der Waals surface area (Å²) in [4.78, 5) is 0. The molecule has 0 spiro atoms. The number of benzene rings is 2. The molecule has 3 N–H and O–H groups in total. The highest BCUT2D eigenvalue weighted by molar-refractivity contribution is 9.10. The van der Waals surface area contributed by atoms with Crippen LogP contribution in [0.15, 0.2) is 34.8 Å². The first-order valence-electron chi connectivity index (χ1n) is 5.68. The summed E-state index contributed by atoms with van der Waals surface area (Å²) in [7, 11) is 0. The fourth-order valence-electron chi connectivity index (χ4n) is 1.75. The molecule has 0 atom stereocenters. The number of hydrogen-bond donors (Lipinski definition) is 3. The number of para-hydroxylation sites is 1. The van der Waals surface area contributed by atoms with Crippen molar-refractivity contribution in [1.29, 1.82) is 0 Å². The summed E-state index contributed by atoms with van der Waals surface area (Å²) in [6.07, 6.45) is 0. The summed E-state index contributed by atoms with van der Waals surface area (Å²) >= 11 is 3.13. The molecule has 0 saturated heterocycles. The quantitative estimate of drug-likeness (QED) is 0.750. The maximum absolute atomic E-state index is 13.3. The van der Waals surface area contributed by atoms with Crippen molar-refractivity contribution in [3.63, 3.8) is 0 Å². The first-order chi connectivity index (χ1) is 8.99. The van der Waals surface area contributed by atoms with Gasteiger partial charge in [-0.1, -0.05) is 12.1 Å². The lowest BCUT2D eigenvalue weighted by molar-refractivity contribution is 0.400. The summed E-state index contributed by atoms with van der Waals surface area (Å²) in [6.45, 7) is 2.12. The molecule has 2 aromatic carbocycles. The van der Waals surface area contributed by atoms with Crippen molar-refractivity contribution >= 4 is 21.6 Å². The molecule has 0 fully saturated rings. The summed E-state index contributed by atoms with van der Waals surface area (Å²) in [5.41, 5.74) is 2.09. The number of phenolic OH excluding ortho intramolecular Hbond substituents is 2. The van der Waals surface area contributed by atoms with E-state index in [1.165, 1.54) is 12.1 Å². The van der Waals surface area contributed by atoms with E-state index >= 15 is 0 Å². The third kappa shape index (κ3) is 2.98. The highest BCUT2D eigenvalue weighted by atomic mass is 79.9. The standard InChI is InChI=1S/C14H13BrFNO2/c1-8-5-11(16)10(15)6-12(8)17-7-9-3-2-4-13(18)14(9)19/h2-6,17-19H,7H2,1H3. The molecule has 0 bridgehead atoms. The van der Waals surface area contributed by atoms with Crippen molar-refractivity contribution < 1.29 is 14.6 Å². The fourth-order valence-corrected chi connectivity index (χ4v) is 2.09. The Balaban J connectivity index is 2.19. The van der Waals surface area contributed by atoms with E-state index in [4.69, 9.17) is 0 Å². The highest BCUT2D eigenvalue weighted by Crippen LogP contribution is 2.30. The molecule has 100 valence electrons. The number of aromatic hydroxyl groups is 2. The Morgan fingerprint density at radius 3 is 2.74 bits per heavy atom. The van der Waals surface area contributed by atoms with Crippen LogP contribution in [0.5, 0.6) is 11.5 Å². The van der Waals surface area contributed by atoms with Crippen molar-refractivity contribution in [2.75, 3.05) is 5.32 Å². The zero-order chi connectivity index (χ0) is 14.0. The monoisotopic (exact) mass is 325 g/mol. The van der Waals surface area contributed by atoms with Gasteiger partial charge in [0.1, 0.15) is 5.82 Å². The maximum Gasteiger partial charge on any atom is 0.162 e. The Morgan fingerprint density at radius 1 is 1.26 bits per heavy atom. The van der Waals surface area contributed by atoms with Crippen LogP contribution in [-0.4, -0.2) is 10.2 Å². The predicted octanol–water partition coefficient (Wildman–Crippen LogP) is 3.92. The third-order valence-electron chi connectivity index (χ3n) is 2.83. The van der Waals surface area contributed by atoms with Crippen LogP contribution in [0.4, 0.5) is 10.1 Å². The molecule has 0 amide bonds. The fraction of sp³-hybridized carbons (Fsp3) is 0.143. The average molecular weight is 326 g/mol. The molecule has 0 unspecified atom stereocenters. The normalized spacial score (nSPS) is 10.5. The molecule has 0 aromatic heterocycles. The lowest BCUT2D eigenvalue weighted by Crippen LogP contribution is -2.02. The van der Waals surface area contributed by atoms with Gasteiger partial charge < -0.3 is 15.5 Å². The topological polar surface area (TPSA) is 52.5 Å². The van der Waals surface area contributed by atoms with Crippen molar-refractivity contribution in [3.8, 4) is 11.5 Å². The van der Waals surface area contributed by atoms with Gasteiger partial charge >= 0.3 is 0 Å². The second-order valence-electron chi connectivity index (χ2n) is 4.22. The van der Waals surface area contributed by atoms with Gasteiger partial charge in [-0.2, -0.15) is 0 Å². The van der Waals surface area contributed by atoms with E-state index in [0.717, 1.165) is 11.3 Å². The molecule has 0 aliphatic rings. The van der Waals surface area contributed by atoms with Crippen LogP contribution in [0.1, 0.15) is 11.1 Å².